The van der Waals surface area contributed by atoms with Crippen LogP contribution in [0, 0.1) is 18.3 Å². The van der Waals surface area contributed by atoms with Crippen LogP contribution in [0.25, 0.3) is 0 Å². The fourth-order valence-electron chi connectivity index (χ4n) is 2.48. The maximum absolute atomic E-state index is 13.0. The van der Waals surface area contributed by atoms with Crippen molar-refractivity contribution in [3.63, 3.8) is 0 Å². The third-order valence-electron chi connectivity index (χ3n) is 3.81. The second-order valence-corrected chi connectivity index (χ2v) is 7.43. The summed E-state index contributed by atoms with van der Waals surface area (Å²) in [6.45, 7) is 2.56. The van der Waals surface area contributed by atoms with Gasteiger partial charge < -0.3 is 5.73 Å². The molecule has 0 saturated carbocycles. The van der Waals surface area contributed by atoms with Gasteiger partial charge in [-0.1, -0.05) is 36.4 Å². The highest BCUT2D eigenvalue weighted by Crippen LogP contribution is 2.21. The van der Waals surface area contributed by atoms with Crippen LogP contribution in [-0.2, 0) is 16.4 Å². The van der Waals surface area contributed by atoms with Crippen molar-refractivity contribution in [1.82, 2.24) is 4.31 Å². The second kappa shape index (κ2) is 8.06. The summed E-state index contributed by atoms with van der Waals surface area (Å²) in [5.74, 6) is 0. The lowest BCUT2D eigenvalue weighted by Gasteiger charge is -2.22. The molecule has 0 aliphatic rings. The smallest absolute Gasteiger partial charge is 0.243 e. The normalized spacial score (nSPS) is 11.4. The first-order valence-electron chi connectivity index (χ1n) is 7.74. The molecule has 0 heterocycles. The molecular weight excluding hydrogens is 322 g/mol. The lowest BCUT2D eigenvalue weighted by atomic mass is 10.1. The Balaban J connectivity index is 2.30. The Morgan fingerprint density at radius 3 is 2.46 bits per heavy atom. The predicted octanol–water partition coefficient (Wildman–Crippen LogP) is 2.06. The number of sulfonamides is 1. The molecule has 0 fully saturated rings. The van der Waals surface area contributed by atoms with Gasteiger partial charge in [-0.3, -0.25) is 0 Å². The van der Waals surface area contributed by atoms with Crippen LogP contribution in [0.15, 0.2) is 53.4 Å². The number of nitrogens with two attached hydrogens (primary N) is 1. The first-order chi connectivity index (χ1) is 11.5. The molecule has 6 heteroatoms. The van der Waals surface area contributed by atoms with Crippen molar-refractivity contribution in [3.8, 4) is 6.07 Å². The summed E-state index contributed by atoms with van der Waals surface area (Å²) in [6, 6.07) is 16.4. The molecule has 0 radical (unpaired) electrons. The standard InChI is InChI=1S/C18H21N3O2S/c1-15-7-8-17(14-20)13-18(15)24(22,23)21(12-10-19)11-9-16-5-3-2-4-6-16/h2-8,13H,9-12,19H2,1H3. The van der Waals surface area contributed by atoms with Gasteiger partial charge >= 0.3 is 0 Å². The van der Waals surface area contributed by atoms with Gasteiger partial charge in [0.1, 0.15) is 0 Å². The first-order valence-corrected chi connectivity index (χ1v) is 9.18. The van der Waals surface area contributed by atoms with Crippen LogP contribution in [0.1, 0.15) is 16.7 Å². The van der Waals surface area contributed by atoms with Crippen molar-refractivity contribution in [2.24, 2.45) is 5.73 Å². The van der Waals surface area contributed by atoms with Crippen molar-refractivity contribution in [1.29, 1.82) is 5.26 Å². The van der Waals surface area contributed by atoms with E-state index >= 15 is 0 Å². The van der Waals surface area contributed by atoms with E-state index in [1.54, 1.807) is 19.1 Å². The lowest BCUT2D eigenvalue weighted by molar-refractivity contribution is 0.421. The molecule has 0 atom stereocenters. The van der Waals surface area contributed by atoms with Crippen molar-refractivity contribution in [3.05, 3.63) is 65.2 Å². The van der Waals surface area contributed by atoms with Gasteiger partial charge in [-0.25, -0.2) is 8.42 Å². The van der Waals surface area contributed by atoms with Crippen LogP contribution >= 0.6 is 0 Å². The van der Waals surface area contributed by atoms with Gasteiger partial charge in [-0.05, 0) is 36.6 Å². The zero-order valence-electron chi connectivity index (χ0n) is 13.6. The summed E-state index contributed by atoms with van der Waals surface area (Å²) in [7, 11) is -3.69. The molecular formula is C18H21N3O2S. The van der Waals surface area contributed by atoms with E-state index in [0.717, 1.165) is 5.56 Å². The summed E-state index contributed by atoms with van der Waals surface area (Å²) in [6.07, 6.45) is 0.608. The van der Waals surface area contributed by atoms with Gasteiger partial charge in [0, 0.05) is 19.6 Å². The van der Waals surface area contributed by atoms with Crippen LogP contribution in [0.2, 0.25) is 0 Å². The predicted molar refractivity (Wildman–Crippen MR) is 93.9 cm³/mol. The number of benzene rings is 2. The minimum atomic E-state index is -3.69. The maximum atomic E-state index is 13.0. The fraction of sp³-hybridized carbons (Fsp3) is 0.278. The molecule has 0 unspecified atom stereocenters. The highest BCUT2D eigenvalue weighted by Gasteiger charge is 2.25. The van der Waals surface area contributed by atoms with E-state index in [9.17, 15) is 8.42 Å². The molecule has 0 bridgehead atoms. The Morgan fingerprint density at radius 2 is 1.83 bits per heavy atom. The van der Waals surface area contributed by atoms with Gasteiger partial charge in [0.05, 0.1) is 16.5 Å². The molecule has 24 heavy (non-hydrogen) atoms. The largest absolute Gasteiger partial charge is 0.329 e. The molecule has 2 rings (SSSR count). The number of hydrogen-bond donors (Lipinski definition) is 1. The van der Waals surface area contributed by atoms with E-state index in [0.29, 0.717) is 24.1 Å². The average molecular weight is 343 g/mol. The third kappa shape index (κ3) is 4.20. The summed E-state index contributed by atoms with van der Waals surface area (Å²) in [5, 5.41) is 9.03. The molecule has 5 nitrogen and oxygen atoms in total. The van der Waals surface area contributed by atoms with E-state index in [2.05, 4.69) is 0 Å². The molecule has 0 spiro atoms. The van der Waals surface area contributed by atoms with Gasteiger partial charge in [0.15, 0.2) is 0 Å². The van der Waals surface area contributed by atoms with Crippen LogP contribution in [0.5, 0.6) is 0 Å². The van der Waals surface area contributed by atoms with E-state index in [4.69, 9.17) is 11.0 Å². The Kier molecular flexibility index (Phi) is 6.10. The first kappa shape index (κ1) is 18.1. The SMILES string of the molecule is Cc1ccc(C#N)cc1S(=O)(=O)N(CCN)CCc1ccccc1. The lowest BCUT2D eigenvalue weighted by Crippen LogP contribution is -2.37. The van der Waals surface area contributed by atoms with E-state index < -0.39 is 10.0 Å². The fourth-order valence-corrected chi connectivity index (χ4v) is 4.19. The summed E-state index contributed by atoms with van der Waals surface area (Å²) < 4.78 is 27.4. The topological polar surface area (TPSA) is 87.2 Å². The third-order valence-corrected chi connectivity index (χ3v) is 5.85. The number of aryl methyl sites for hydroxylation is 1. The zero-order valence-corrected chi connectivity index (χ0v) is 14.5. The Hall–Kier alpha value is -2.20. The van der Waals surface area contributed by atoms with Crippen LogP contribution < -0.4 is 5.73 Å². The van der Waals surface area contributed by atoms with E-state index in [1.165, 1.54) is 10.4 Å². The molecule has 126 valence electrons. The molecule has 0 aromatic heterocycles. The molecule has 2 aromatic rings. The minimum Gasteiger partial charge on any atom is -0.329 e. The van der Waals surface area contributed by atoms with Gasteiger partial charge in [0.25, 0.3) is 0 Å². The molecule has 0 aliphatic carbocycles. The van der Waals surface area contributed by atoms with Crippen LogP contribution in [0.4, 0.5) is 0 Å². The number of rotatable bonds is 7. The summed E-state index contributed by atoms with van der Waals surface area (Å²) in [5.41, 5.74) is 7.63. The van der Waals surface area contributed by atoms with E-state index in [1.807, 2.05) is 36.4 Å². The number of hydrogen-bond acceptors (Lipinski definition) is 4. The number of nitrogens with zero attached hydrogens (tertiary/aromatic N) is 2. The van der Waals surface area contributed by atoms with Crippen molar-refractivity contribution in [2.45, 2.75) is 18.2 Å². The Bertz CT molecular complexity index is 827. The number of nitriles is 1. The van der Waals surface area contributed by atoms with Crippen molar-refractivity contribution >= 4 is 10.0 Å². The molecule has 2 N–H and O–H groups in total. The van der Waals surface area contributed by atoms with Crippen LogP contribution in [0.3, 0.4) is 0 Å². The molecule has 0 aliphatic heterocycles. The monoisotopic (exact) mass is 343 g/mol. The highest BCUT2D eigenvalue weighted by atomic mass is 32.2. The zero-order chi connectivity index (χ0) is 17.6. The van der Waals surface area contributed by atoms with Gasteiger partial charge in [0.2, 0.25) is 10.0 Å². The Morgan fingerprint density at radius 1 is 1.12 bits per heavy atom. The molecule has 2 aromatic carbocycles. The molecule has 0 saturated heterocycles. The van der Waals surface area contributed by atoms with Gasteiger partial charge in [-0.2, -0.15) is 9.57 Å². The van der Waals surface area contributed by atoms with Crippen molar-refractivity contribution in [2.75, 3.05) is 19.6 Å². The van der Waals surface area contributed by atoms with Crippen LogP contribution in [-0.4, -0.2) is 32.4 Å². The summed E-state index contributed by atoms with van der Waals surface area (Å²) in [4.78, 5) is 0.170. The Labute approximate surface area is 143 Å². The maximum Gasteiger partial charge on any atom is 0.243 e. The quantitative estimate of drug-likeness (QED) is 0.833. The second-order valence-electron chi connectivity index (χ2n) is 5.52. The molecule has 0 amide bonds. The van der Waals surface area contributed by atoms with E-state index in [-0.39, 0.29) is 18.0 Å². The van der Waals surface area contributed by atoms with Gasteiger partial charge in [-0.15, -0.1) is 0 Å². The average Bonchev–Trinajstić information content (AvgIpc) is 2.59. The minimum absolute atomic E-state index is 0.170. The van der Waals surface area contributed by atoms with Crippen molar-refractivity contribution < 1.29 is 8.42 Å². The summed E-state index contributed by atoms with van der Waals surface area (Å²) >= 11 is 0. The highest BCUT2D eigenvalue weighted by molar-refractivity contribution is 7.89.